The Morgan fingerprint density at radius 2 is 1.93 bits per heavy atom. The third kappa shape index (κ3) is 3.39. The molecule has 0 bridgehead atoms. The Morgan fingerprint density at radius 1 is 1.10 bits per heavy atom. The third-order valence-electron chi connectivity index (χ3n) is 5.04. The molecule has 0 atom stereocenters. The number of ketones is 1. The average Bonchev–Trinajstić information content (AvgIpc) is 3.06. The molecule has 5 nitrogen and oxygen atoms in total. The molecular formula is C23H17ClN2O3. The molecule has 0 unspecified atom stereocenters. The van der Waals surface area contributed by atoms with Gasteiger partial charge in [-0.25, -0.2) is 0 Å². The lowest BCUT2D eigenvalue weighted by molar-refractivity contribution is 0.0873. The van der Waals surface area contributed by atoms with Crippen molar-refractivity contribution in [3.05, 3.63) is 94.0 Å². The van der Waals surface area contributed by atoms with Crippen molar-refractivity contribution in [1.82, 2.24) is 9.88 Å². The summed E-state index contributed by atoms with van der Waals surface area (Å²) < 4.78 is 11.9. The van der Waals surface area contributed by atoms with Gasteiger partial charge in [0.2, 0.25) is 5.78 Å². The van der Waals surface area contributed by atoms with Gasteiger partial charge in [-0.05, 0) is 47.5 Å². The number of aromatic nitrogens is 1. The Hall–Kier alpha value is -3.15. The molecule has 6 heteroatoms. The van der Waals surface area contributed by atoms with Gasteiger partial charge < -0.3 is 9.47 Å². The molecule has 144 valence electrons. The molecule has 0 saturated heterocycles. The summed E-state index contributed by atoms with van der Waals surface area (Å²) in [5.41, 5.74) is 3.34. The first-order chi connectivity index (χ1) is 14.2. The van der Waals surface area contributed by atoms with E-state index in [-0.39, 0.29) is 5.78 Å². The molecule has 5 rings (SSSR count). The van der Waals surface area contributed by atoms with Crippen LogP contribution in [0.1, 0.15) is 27.0 Å². The van der Waals surface area contributed by atoms with E-state index in [1.54, 1.807) is 24.5 Å². The number of carbonyl (C=O) groups is 1. The van der Waals surface area contributed by atoms with Crippen LogP contribution in [0.15, 0.2) is 66.7 Å². The molecular weight excluding hydrogens is 388 g/mol. The highest BCUT2D eigenvalue weighted by Gasteiger charge is 2.33. The highest BCUT2D eigenvalue weighted by molar-refractivity contribution is 6.31. The summed E-state index contributed by atoms with van der Waals surface area (Å²) in [6.07, 6.45) is 5.10. The van der Waals surface area contributed by atoms with Gasteiger partial charge >= 0.3 is 0 Å². The molecule has 0 spiro atoms. The normalized spacial score (nSPS) is 16.9. The smallest absolute Gasteiger partial charge is 0.231 e. The van der Waals surface area contributed by atoms with E-state index in [9.17, 15) is 4.79 Å². The minimum Gasteiger partial charge on any atom is -0.478 e. The van der Waals surface area contributed by atoms with Gasteiger partial charge in [-0.15, -0.1) is 0 Å². The zero-order valence-corrected chi connectivity index (χ0v) is 16.2. The Morgan fingerprint density at radius 3 is 2.76 bits per heavy atom. The maximum Gasteiger partial charge on any atom is 0.231 e. The summed E-state index contributed by atoms with van der Waals surface area (Å²) in [4.78, 5) is 18.9. The van der Waals surface area contributed by atoms with Crippen LogP contribution in [0.5, 0.6) is 11.5 Å². The van der Waals surface area contributed by atoms with Crippen LogP contribution in [0.4, 0.5) is 0 Å². The standard InChI is InChI=1S/C23H17ClN2O3/c24-19-4-2-1-3-16(19)12-26-13-18-20(28-14-26)6-5-17-22(27)21(29-23(17)18)11-15-7-9-25-10-8-15/h1-11H,12-14H2/b21-11-. The number of halogens is 1. The van der Waals surface area contributed by atoms with Crippen molar-refractivity contribution in [3.63, 3.8) is 0 Å². The van der Waals surface area contributed by atoms with Crippen LogP contribution in [-0.2, 0) is 13.1 Å². The molecule has 0 N–H and O–H groups in total. The number of carbonyl (C=O) groups excluding carboxylic acids is 1. The predicted molar refractivity (Wildman–Crippen MR) is 110 cm³/mol. The second kappa shape index (κ2) is 7.35. The molecule has 1 aromatic heterocycles. The number of hydrogen-bond donors (Lipinski definition) is 0. The topological polar surface area (TPSA) is 51.7 Å². The molecule has 0 radical (unpaired) electrons. The van der Waals surface area contributed by atoms with Crippen molar-refractivity contribution in [3.8, 4) is 11.5 Å². The first-order valence-corrected chi connectivity index (χ1v) is 9.65. The third-order valence-corrected chi connectivity index (χ3v) is 5.41. The summed E-state index contributed by atoms with van der Waals surface area (Å²) in [5, 5.41) is 0.727. The predicted octanol–water partition coefficient (Wildman–Crippen LogP) is 4.70. The lowest BCUT2D eigenvalue weighted by Crippen LogP contribution is -2.31. The summed E-state index contributed by atoms with van der Waals surface area (Å²) in [6, 6.07) is 15.0. The second-order valence-corrected chi connectivity index (χ2v) is 7.40. The molecule has 0 aliphatic carbocycles. The highest BCUT2D eigenvalue weighted by atomic mass is 35.5. The van der Waals surface area contributed by atoms with Crippen LogP contribution in [0.25, 0.3) is 6.08 Å². The van der Waals surface area contributed by atoms with Gasteiger partial charge in [-0.3, -0.25) is 14.7 Å². The van der Waals surface area contributed by atoms with Crippen LogP contribution >= 0.6 is 11.6 Å². The van der Waals surface area contributed by atoms with E-state index in [2.05, 4.69) is 9.88 Å². The fourth-order valence-electron chi connectivity index (χ4n) is 3.58. The van der Waals surface area contributed by atoms with Gasteiger partial charge in [0.15, 0.2) is 5.76 Å². The van der Waals surface area contributed by atoms with E-state index in [1.807, 2.05) is 42.5 Å². The number of fused-ring (bicyclic) bond motifs is 3. The fraction of sp³-hybridized carbons (Fsp3) is 0.130. The lowest BCUT2D eigenvalue weighted by Gasteiger charge is -2.30. The number of Topliss-reactive ketones (excluding diaryl/α,β-unsaturated/α-hetero) is 1. The number of ether oxygens (including phenoxy) is 2. The van der Waals surface area contributed by atoms with Crippen LogP contribution in [0.3, 0.4) is 0 Å². The summed E-state index contributed by atoms with van der Waals surface area (Å²) >= 11 is 6.30. The molecule has 2 aliphatic rings. The maximum absolute atomic E-state index is 12.8. The molecule has 0 amide bonds. The van der Waals surface area contributed by atoms with Crippen molar-refractivity contribution in [2.75, 3.05) is 6.73 Å². The molecule has 2 aliphatic heterocycles. The zero-order valence-electron chi connectivity index (χ0n) is 15.5. The quantitative estimate of drug-likeness (QED) is 0.592. The molecule has 3 aromatic rings. The largest absolute Gasteiger partial charge is 0.478 e. The fourth-order valence-corrected chi connectivity index (χ4v) is 3.78. The summed E-state index contributed by atoms with van der Waals surface area (Å²) in [5.74, 6) is 1.51. The number of pyridine rings is 1. The van der Waals surface area contributed by atoms with E-state index in [1.165, 1.54) is 0 Å². The van der Waals surface area contributed by atoms with Gasteiger partial charge in [0.1, 0.15) is 18.2 Å². The van der Waals surface area contributed by atoms with Crippen molar-refractivity contribution < 1.29 is 14.3 Å². The monoisotopic (exact) mass is 404 g/mol. The lowest BCUT2D eigenvalue weighted by atomic mass is 10.0. The molecule has 2 aromatic carbocycles. The van der Waals surface area contributed by atoms with Crippen molar-refractivity contribution in [2.45, 2.75) is 13.1 Å². The van der Waals surface area contributed by atoms with Crippen LogP contribution in [0, 0.1) is 0 Å². The molecule has 3 heterocycles. The van der Waals surface area contributed by atoms with Gasteiger partial charge in [-0.2, -0.15) is 0 Å². The number of nitrogens with zero attached hydrogens (tertiary/aromatic N) is 2. The van der Waals surface area contributed by atoms with E-state index in [0.717, 1.165) is 27.5 Å². The van der Waals surface area contributed by atoms with Gasteiger partial charge in [0, 0.05) is 30.5 Å². The van der Waals surface area contributed by atoms with Crippen LogP contribution in [-0.4, -0.2) is 22.4 Å². The van der Waals surface area contributed by atoms with Crippen molar-refractivity contribution in [1.29, 1.82) is 0 Å². The Kier molecular flexibility index (Phi) is 4.54. The Labute approximate surface area is 173 Å². The maximum atomic E-state index is 12.8. The molecule has 0 fully saturated rings. The zero-order chi connectivity index (χ0) is 19.8. The van der Waals surface area contributed by atoms with Crippen LogP contribution in [0.2, 0.25) is 5.02 Å². The van der Waals surface area contributed by atoms with E-state index >= 15 is 0 Å². The first-order valence-electron chi connectivity index (χ1n) is 9.28. The SMILES string of the molecule is O=C1/C(=C/c2ccncc2)Oc2c1ccc1c2CN(Cc2ccccc2Cl)CO1. The second-order valence-electron chi connectivity index (χ2n) is 6.99. The summed E-state index contributed by atoms with van der Waals surface area (Å²) in [7, 11) is 0. The van der Waals surface area contributed by atoms with Gasteiger partial charge in [-0.1, -0.05) is 29.8 Å². The number of allylic oxidation sites excluding steroid dienone is 1. The molecule has 0 saturated carbocycles. The highest BCUT2D eigenvalue weighted by Crippen LogP contribution is 2.42. The number of benzene rings is 2. The van der Waals surface area contributed by atoms with Gasteiger partial charge in [0.25, 0.3) is 0 Å². The van der Waals surface area contributed by atoms with E-state index < -0.39 is 0 Å². The first kappa shape index (κ1) is 17.9. The van der Waals surface area contributed by atoms with Crippen molar-refractivity contribution >= 4 is 23.5 Å². The van der Waals surface area contributed by atoms with E-state index in [4.69, 9.17) is 21.1 Å². The summed E-state index contributed by atoms with van der Waals surface area (Å²) in [6.45, 7) is 1.71. The van der Waals surface area contributed by atoms with Crippen molar-refractivity contribution in [2.24, 2.45) is 0 Å². The van der Waals surface area contributed by atoms with Crippen LogP contribution < -0.4 is 9.47 Å². The average molecular weight is 405 g/mol. The van der Waals surface area contributed by atoms with Gasteiger partial charge in [0.05, 0.1) is 11.1 Å². The van der Waals surface area contributed by atoms with E-state index in [0.29, 0.717) is 36.9 Å². The minimum atomic E-state index is -0.122. The minimum absolute atomic E-state index is 0.122. The Balaban J connectivity index is 1.44. The number of hydrogen-bond acceptors (Lipinski definition) is 5. The Bertz CT molecular complexity index is 1130. The number of rotatable bonds is 3. The molecule has 29 heavy (non-hydrogen) atoms.